The lowest BCUT2D eigenvalue weighted by molar-refractivity contribution is -0.119. The normalized spacial score (nSPS) is 18.6. The number of carbonyl (C=O) groups excluding carboxylic acids is 2. The second-order valence-electron chi connectivity index (χ2n) is 5.73. The molecule has 0 radical (unpaired) electrons. The van der Waals surface area contributed by atoms with Crippen LogP contribution in [0.4, 0.5) is 0 Å². The molecule has 1 aliphatic heterocycles. The molecule has 0 aromatic heterocycles. The summed E-state index contributed by atoms with van der Waals surface area (Å²) in [5.74, 6) is 0.178. The maximum absolute atomic E-state index is 12.7. The van der Waals surface area contributed by atoms with E-state index in [1.807, 2.05) is 18.9 Å². The van der Waals surface area contributed by atoms with Gasteiger partial charge in [0, 0.05) is 31.2 Å². The van der Waals surface area contributed by atoms with E-state index in [2.05, 4.69) is 4.90 Å². The molecule has 0 aliphatic carbocycles. The second-order valence-corrected chi connectivity index (χ2v) is 5.73. The predicted octanol–water partition coefficient (Wildman–Crippen LogP) is 0.335. The Morgan fingerprint density at radius 1 is 1.30 bits per heavy atom. The molecule has 23 heavy (non-hydrogen) atoms. The third-order valence-corrected chi connectivity index (χ3v) is 3.87. The van der Waals surface area contributed by atoms with Crippen molar-refractivity contribution in [2.24, 2.45) is 5.73 Å². The molecule has 126 valence electrons. The van der Waals surface area contributed by atoms with Crippen LogP contribution in [-0.2, 0) is 4.79 Å². The number of methoxy groups -OCH3 is 1. The van der Waals surface area contributed by atoms with Crippen molar-refractivity contribution in [3.8, 4) is 11.5 Å². The third kappa shape index (κ3) is 4.13. The fourth-order valence-corrected chi connectivity index (χ4v) is 2.68. The zero-order valence-corrected chi connectivity index (χ0v) is 13.7. The van der Waals surface area contributed by atoms with Crippen molar-refractivity contribution < 1.29 is 19.1 Å². The number of primary amides is 1. The Kier molecular flexibility index (Phi) is 5.44. The number of nitrogens with zero attached hydrogens (tertiary/aromatic N) is 2. The van der Waals surface area contributed by atoms with E-state index in [1.54, 1.807) is 18.2 Å². The lowest BCUT2D eigenvalue weighted by Gasteiger charge is -2.38. The predicted molar refractivity (Wildman–Crippen MR) is 85.7 cm³/mol. The van der Waals surface area contributed by atoms with Crippen molar-refractivity contribution in [3.05, 3.63) is 23.8 Å². The number of piperazine rings is 1. The quantitative estimate of drug-likeness (QED) is 0.845. The van der Waals surface area contributed by atoms with Crippen molar-refractivity contribution >= 4 is 11.8 Å². The lowest BCUT2D eigenvalue weighted by atomic mass is 10.1. The molecular formula is C16H23N3O4. The monoisotopic (exact) mass is 321 g/mol. The highest BCUT2D eigenvalue weighted by Crippen LogP contribution is 2.29. The first-order chi connectivity index (χ1) is 10.9. The zero-order chi connectivity index (χ0) is 17.0. The minimum absolute atomic E-state index is 0.0367. The SMILES string of the molecule is COc1cc(C(=O)N2CCN(C)C[C@@H]2C)ccc1OCC(N)=O. The Labute approximate surface area is 135 Å². The van der Waals surface area contributed by atoms with Crippen LogP contribution in [0.2, 0.25) is 0 Å². The highest BCUT2D eigenvalue weighted by Gasteiger charge is 2.27. The molecular weight excluding hydrogens is 298 g/mol. The largest absolute Gasteiger partial charge is 0.493 e. The molecule has 1 saturated heterocycles. The van der Waals surface area contributed by atoms with Crippen LogP contribution in [0.1, 0.15) is 17.3 Å². The number of rotatable bonds is 5. The summed E-state index contributed by atoms with van der Waals surface area (Å²) in [6.07, 6.45) is 0. The molecule has 1 fully saturated rings. The summed E-state index contributed by atoms with van der Waals surface area (Å²) in [4.78, 5) is 27.6. The first kappa shape index (κ1) is 17.1. The van der Waals surface area contributed by atoms with Gasteiger partial charge in [0.05, 0.1) is 7.11 Å². The van der Waals surface area contributed by atoms with Crippen molar-refractivity contribution in [1.29, 1.82) is 0 Å². The molecule has 1 aliphatic rings. The molecule has 2 amide bonds. The van der Waals surface area contributed by atoms with E-state index >= 15 is 0 Å². The lowest BCUT2D eigenvalue weighted by Crippen LogP contribution is -2.52. The van der Waals surface area contributed by atoms with Gasteiger partial charge < -0.3 is 25.0 Å². The molecule has 0 spiro atoms. The van der Waals surface area contributed by atoms with Crippen LogP contribution < -0.4 is 15.2 Å². The highest BCUT2D eigenvalue weighted by atomic mass is 16.5. The van der Waals surface area contributed by atoms with Crippen molar-refractivity contribution in [2.75, 3.05) is 40.4 Å². The van der Waals surface area contributed by atoms with Gasteiger partial charge in [-0.3, -0.25) is 9.59 Å². The Bertz CT molecular complexity index is 591. The molecule has 7 heteroatoms. The average Bonchev–Trinajstić information content (AvgIpc) is 2.52. The van der Waals surface area contributed by atoms with Crippen molar-refractivity contribution in [1.82, 2.24) is 9.80 Å². The Morgan fingerprint density at radius 3 is 2.65 bits per heavy atom. The molecule has 0 unspecified atom stereocenters. The number of carbonyl (C=O) groups is 2. The van der Waals surface area contributed by atoms with E-state index in [1.165, 1.54) is 7.11 Å². The summed E-state index contributed by atoms with van der Waals surface area (Å²) >= 11 is 0. The van der Waals surface area contributed by atoms with Gasteiger partial charge in [0.2, 0.25) is 0 Å². The van der Waals surface area contributed by atoms with Gasteiger partial charge in [0.25, 0.3) is 11.8 Å². The minimum atomic E-state index is -0.571. The van der Waals surface area contributed by atoms with Crippen LogP contribution in [0.3, 0.4) is 0 Å². The fourth-order valence-electron chi connectivity index (χ4n) is 2.68. The number of amides is 2. The maximum atomic E-state index is 12.7. The number of ether oxygens (including phenoxy) is 2. The number of hydrogen-bond acceptors (Lipinski definition) is 5. The molecule has 1 atom stereocenters. The summed E-state index contributed by atoms with van der Waals surface area (Å²) < 4.78 is 10.5. The first-order valence-electron chi connectivity index (χ1n) is 7.51. The third-order valence-electron chi connectivity index (χ3n) is 3.87. The van der Waals surface area contributed by atoms with Gasteiger partial charge in [-0.2, -0.15) is 0 Å². The van der Waals surface area contributed by atoms with Gasteiger partial charge in [-0.1, -0.05) is 0 Å². The van der Waals surface area contributed by atoms with Crippen LogP contribution in [-0.4, -0.2) is 68.1 Å². The molecule has 0 saturated carbocycles. The molecule has 2 rings (SSSR count). The topological polar surface area (TPSA) is 85.1 Å². The summed E-state index contributed by atoms with van der Waals surface area (Å²) in [7, 11) is 3.53. The van der Waals surface area contributed by atoms with E-state index in [0.717, 1.165) is 13.1 Å². The minimum Gasteiger partial charge on any atom is -0.493 e. The smallest absolute Gasteiger partial charge is 0.255 e. The summed E-state index contributed by atoms with van der Waals surface area (Å²) in [6, 6.07) is 5.07. The second kappa shape index (κ2) is 7.32. The van der Waals surface area contributed by atoms with Crippen LogP contribution in [0.25, 0.3) is 0 Å². The molecule has 7 nitrogen and oxygen atoms in total. The van der Waals surface area contributed by atoms with E-state index < -0.39 is 5.91 Å². The van der Waals surface area contributed by atoms with E-state index in [9.17, 15) is 9.59 Å². The van der Waals surface area contributed by atoms with Crippen LogP contribution in [0.5, 0.6) is 11.5 Å². The first-order valence-corrected chi connectivity index (χ1v) is 7.51. The van der Waals surface area contributed by atoms with Gasteiger partial charge in [-0.15, -0.1) is 0 Å². The number of nitrogens with two attached hydrogens (primary N) is 1. The van der Waals surface area contributed by atoms with Crippen LogP contribution in [0.15, 0.2) is 18.2 Å². The van der Waals surface area contributed by atoms with E-state index in [4.69, 9.17) is 15.2 Å². The molecule has 1 aromatic carbocycles. The van der Waals surface area contributed by atoms with Gasteiger partial charge in [0.15, 0.2) is 18.1 Å². The molecule has 0 bridgehead atoms. The summed E-state index contributed by atoms with van der Waals surface area (Å²) in [5.41, 5.74) is 5.60. The van der Waals surface area contributed by atoms with Crippen LogP contribution in [0, 0.1) is 0 Å². The van der Waals surface area contributed by atoms with Gasteiger partial charge in [-0.25, -0.2) is 0 Å². The number of likely N-dealkylation sites (N-methyl/N-ethyl adjacent to an activating group) is 1. The zero-order valence-electron chi connectivity index (χ0n) is 13.7. The van der Waals surface area contributed by atoms with Crippen LogP contribution >= 0.6 is 0 Å². The number of hydrogen-bond donors (Lipinski definition) is 1. The fraction of sp³-hybridized carbons (Fsp3) is 0.500. The molecule has 1 heterocycles. The Balaban J connectivity index is 2.16. The maximum Gasteiger partial charge on any atom is 0.255 e. The van der Waals surface area contributed by atoms with Gasteiger partial charge in [-0.05, 0) is 32.2 Å². The highest BCUT2D eigenvalue weighted by molar-refractivity contribution is 5.95. The molecule has 1 aromatic rings. The Morgan fingerprint density at radius 2 is 2.04 bits per heavy atom. The summed E-state index contributed by atoms with van der Waals surface area (Å²) in [5, 5.41) is 0. The van der Waals surface area contributed by atoms with Gasteiger partial charge in [0.1, 0.15) is 0 Å². The Hall–Kier alpha value is -2.28. The van der Waals surface area contributed by atoms with Crippen molar-refractivity contribution in [2.45, 2.75) is 13.0 Å². The number of benzene rings is 1. The van der Waals surface area contributed by atoms with E-state index in [0.29, 0.717) is 23.6 Å². The average molecular weight is 321 g/mol. The molecule has 2 N–H and O–H groups in total. The van der Waals surface area contributed by atoms with Crippen molar-refractivity contribution in [3.63, 3.8) is 0 Å². The van der Waals surface area contributed by atoms with Gasteiger partial charge >= 0.3 is 0 Å². The standard InChI is InChI=1S/C16H23N3O4/c1-11-9-18(2)6-7-19(11)16(21)12-4-5-13(14(8-12)22-3)23-10-15(17)20/h4-5,8,11H,6-7,9-10H2,1-3H3,(H2,17,20)/t11-/m0/s1. The summed E-state index contributed by atoms with van der Waals surface area (Å²) in [6.45, 7) is 4.20. The van der Waals surface area contributed by atoms with E-state index in [-0.39, 0.29) is 18.6 Å².